The van der Waals surface area contributed by atoms with Crippen LogP contribution in [0.4, 0.5) is 5.69 Å². The Morgan fingerprint density at radius 2 is 2.00 bits per heavy atom. The zero-order valence-electron chi connectivity index (χ0n) is 11.1. The number of anilines is 1. The quantitative estimate of drug-likeness (QED) is 0.937. The van der Waals surface area contributed by atoms with E-state index in [1.54, 1.807) is 24.3 Å². The summed E-state index contributed by atoms with van der Waals surface area (Å²) in [6, 6.07) is 14.2. The summed E-state index contributed by atoms with van der Waals surface area (Å²) >= 11 is 0. The number of nitrogens with zero attached hydrogens (tertiary/aromatic N) is 1. The SMILES string of the molecule is N#Cc1ccc(NC(=O)Cc2cccc3c2OCO3)cc1. The minimum absolute atomic E-state index is 0.149. The van der Waals surface area contributed by atoms with Gasteiger partial charge < -0.3 is 14.8 Å². The van der Waals surface area contributed by atoms with Crippen molar-refractivity contribution in [1.82, 2.24) is 0 Å². The highest BCUT2D eigenvalue weighted by Gasteiger charge is 2.18. The third-order valence-corrected chi connectivity index (χ3v) is 3.13. The van der Waals surface area contributed by atoms with Gasteiger partial charge in [-0.3, -0.25) is 4.79 Å². The number of carbonyl (C=O) groups is 1. The van der Waals surface area contributed by atoms with Crippen molar-refractivity contribution in [2.75, 3.05) is 12.1 Å². The van der Waals surface area contributed by atoms with Crippen LogP contribution in [0.25, 0.3) is 0 Å². The fraction of sp³-hybridized carbons (Fsp3) is 0.125. The van der Waals surface area contributed by atoms with Crippen LogP contribution in [-0.2, 0) is 11.2 Å². The number of hydrogen-bond acceptors (Lipinski definition) is 4. The average Bonchev–Trinajstić information content (AvgIpc) is 2.97. The maximum atomic E-state index is 12.1. The van der Waals surface area contributed by atoms with E-state index < -0.39 is 0 Å². The molecule has 1 aliphatic rings. The molecule has 0 unspecified atom stereocenters. The minimum atomic E-state index is -0.149. The Hall–Kier alpha value is -3.00. The Morgan fingerprint density at radius 3 is 2.76 bits per heavy atom. The molecule has 0 spiro atoms. The lowest BCUT2D eigenvalue weighted by Gasteiger charge is -2.07. The zero-order chi connectivity index (χ0) is 14.7. The number of nitriles is 1. The monoisotopic (exact) mass is 280 g/mol. The second-order valence-corrected chi connectivity index (χ2v) is 4.57. The largest absolute Gasteiger partial charge is 0.454 e. The van der Waals surface area contributed by atoms with Gasteiger partial charge in [-0.1, -0.05) is 12.1 Å². The van der Waals surface area contributed by atoms with Crippen LogP contribution in [0, 0.1) is 11.3 Å². The molecule has 1 N–H and O–H groups in total. The van der Waals surface area contributed by atoms with E-state index in [4.69, 9.17) is 14.7 Å². The van der Waals surface area contributed by atoms with Crippen LogP contribution in [0.1, 0.15) is 11.1 Å². The third kappa shape index (κ3) is 2.79. The smallest absolute Gasteiger partial charge is 0.231 e. The number of ether oxygens (including phenoxy) is 2. The molecule has 21 heavy (non-hydrogen) atoms. The predicted molar refractivity (Wildman–Crippen MR) is 76.1 cm³/mol. The first-order valence-corrected chi connectivity index (χ1v) is 6.44. The summed E-state index contributed by atoms with van der Waals surface area (Å²) < 4.78 is 10.7. The summed E-state index contributed by atoms with van der Waals surface area (Å²) in [7, 11) is 0. The minimum Gasteiger partial charge on any atom is -0.454 e. The van der Waals surface area contributed by atoms with Crippen molar-refractivity contribution in [3.63, 3.8) is 0 Å². The lowest BCUT2D eigenvalue weighted by molar-refractivity contribution is -0.115. The number of amides is 1. The molecule has 5 nitrogen and oxygen atoms in total. The highest BCUT2D eigenvalue weighted by molar-refractivity contribution is 5.92. The average molecular weight is 280 g/mol. The molecule has 0 bridgehead atoms. The van der Waals surface area contributed by atoms with Gasteiger partial charge in [0.15, 0.2) is 11.5 Å². The van der Waals surface area contributed by atoms with Crippen molar-refractivity contribution in [1.29, 1.82) is 5.26 Å². The second kappa shape index (κ2) is 5.55. The van der Waals surface area contributed by atoms with Gasteiger partial charge in [0.05, 0.1) is 18.1 Å². The van der Waals surface area contributed by atoms with Crippen LogP contribution in [0.5, 0.6) is 11.5 Å². The van der Waals surface area contributed by atoms with Gasteiger partial charge in [0.25, 0.3) is 0 Å². The summed E-state index contributed by atoms with van der Waals surface area (Å²) in [4.78, 5) is 12.1. The van der Waals surface area contributed by atoms with Crippen molar-refractivity contribution in [3.05, 3.63) is 53.6 Å². The van der Waals surface area contributed by atoms with Gasteiger partial charge in [-0.15, -0.1) is 0 Å². The van der Waals surface area contributed by atoms with Gasteiger partial charge in [0.1, 0.15) is 0 Å². The number of fused-ring (bicyclic) bond motifs is 1. The van der Waals surface area contributed by atoms with Crippen LogP contribution in [-0.4, -0.2) is 12.7 Å². The van der Waals surface area contributed by atoms with Gasteiger partial charge >= 0.3 is 0 Å². The molecule has 0 saturated heterocycles. The van der Waals surface area contributed by atoms with Gasteiger partial charge in [-0.25, -0.2) is 0 Å². The Morgan fingerprint density at radius 1 is 1.19 bits per heavy atom. The molecule has 0 fully saturated rings. The molecular formula is C16H12N2O3. The second-order valence-electron chi connectivity index (χ2n) is 4.57. The Kier molecular flexibility index (Phi) is 3.44. The van der Waals surface area contributed by atoms with E-state index in [0.29, 0.717) is 22.7 Å². The topological polar surface area (TPSA) is 71.4 Å². The highest BCUT2D eigenvalue weighted by Crippen LogP contribution is 2.35. The van der Waals surface area contributed by atoms with Crippen LogP contribution in [0.3, 0.4) is 0 Å². The van der Waals surface area contributed by atoms with E-state index in [0.717, 1.165) is 5.56 Å². The van der Waals surface area contributed by atoms with Gasteiger partial charge in [-0.05, 0) is 30.3 Å². The number of hydrogen-bond donors (Lipinski definition) is 1. The van der Waals surface area contributed by atoms with Crippen molar-refractivity contribution < 1.29 is 14.3 Å². The summed E-state index contributed by atoms with van der Waals surface area (Å²) in [6.07, 6.45) is 0.201. The molecule has 2 aromatic carbocycles. The van der Waals surface area contributed by atoms with Gasteiger partial charge in [-0.2, -0.15) is 5.26 Å². The molecule has 3 rings (SSSR count). The van der Waals surface area contributed by atoms with E-state index in [1.165, 1.54) is 0 Å². The van der Waals surface area contributed by atoms with Crippen LogP contribution in [0.15, 0.2) is 42.5 Å². The maximum Gasteiger partial charge on any atom is 0.231 e. The lowest BCUT2D eigenvalue weighted by Crippen LogP contribution is -2.14. The number of benzene rings is 2. The fourth-order valence-electron chi connectivity index (χ4n) is 2.14. The maximum absolute atomic E-state index is 12.1. The van der Waals surface area contributed by atoms with E-state index in [9.17, 15) is 4.79 Å². The number of carbonyl (C=O) groups excluding carboxylic acids is 1. The standard InChI is InChI=1S/C16H12N2O3/c17-9-11-4-6-13(7-5-11)18-15(19)8-12-2-1-3-14-16(12)21-10-20-14/h1-7H,8,10H2,(H,18,19). The molecule has 104 valence electrons. The molecule has 1 heterocycles. The molecule has 5 heteroatoms. The molecule has 1 amide bonds. The Balaban J connectivity index is 1.69. The fourth-order valence-corrected chi connectivity index (χ4v) is 2.14. The first-order valence-electron chi connectivity index (χ1n) is 6.44. The number of para-hydroxylation sites is 1. The van der Waals surface area contributed by atoms with Crippen molar-refractivity contribution in [2.45, 2.75) is 6.42 Å². The number of rotatable bonds is 3. The van der Waals surface area contributed by atoms with Gasteiger partial charge in [0.2, 0.25) is 12.7 Å². The molecular weight excluding hydrogens is 268 g/mol. The number of nitrogens with one attached hydrogen (secondary N) is 1. The summed E-state index contributed by atoms with van der Waals surface area (Å²) in [5, 5.41) is 11.5. The Labute approximate surface area is 121 Å². The normalized spacial score (nSPS) is 11.8. The first kappa shape index (κ1) is 13.0. The molecule has 0 radical (unpaired) electrons. The third-order valence-electron chi connectivity index (χ3n) is 3.13. The van der Waals surface area contributed by atoms with Crippen LogP contribution in [0.2, 0.25) is 0 Å². The van der Waals surface area contributed by atoms with Crippen molar-refractivity contribution in [3.8, 4) is 17.6 Å². The van der Waals surface area contributed by atoms with E-state index in [2.05, 4.69) is 5.32 Å². The van der Waals surface area contributed by atoms with E-state index in [-0.39, 0.29) is 19.1 Å². The molecule has 0 atom stereocenters. The molecule has 1 aliphatic heterocycles. The Bertz CT molecular complexity index is 717. The van der Waals surface area contributed by atoms with Gasteiger partial charge in [0, 0.05) is 11.3 Å². The highest BCUT2D eigenvalue weighted by atomic mass is 16.7. The van der Waals surface area contributed by atoms with Crippen molar-refractivity contribution in [2.24, 2.45) is 0 Å². The zero-order valence-corrected chi connectivity index (χ0v) is 11.1. The van der Waals surface area contributed by atoms with Crippen LogP contribution < -0.4 is 14.8 Å². The van der Waals surface area contributed by atoms with Crippen LogP contribution >= 0.6 is 0 Å². The van der Waals surface area contributed by atoms with E-state index in [1.807, 2.05) is 24.3 Å². The molecule has 0 aromatic heterocycles. The van der Waals surface area contributed by atoms with E-state index >= 15 is 0 Å². The summed E-state index contributed by atoms with van der Waals surface area (Å²) in [5.41, 5.74) is 2.00. The lowest BCUT2D eigenvalue weighted by atomic mass is 10.1. The molecule has 0 aliphatic carbocycles. The molecule has 2 aromatic rings. The first-order chi connectivity index (χ1) is 10.3. The summed E-state index contributed by atoms with van der Waals surface area (Å²) in [6.45, 7) is 0.184. The predicted octanol–water partition coefficient (Wildman–Crippen LogP) is 2.47. The summed E-state index contributed by atoms with van der Waals surface area (Å²) in [5.74, 6) is 1.15. The van der Waals surface area contributed by atoms with Crippen molar-refractivity contribution >= 4 is 11.6 Å². The molecule has 0 saturated carbocycles.